The van der Waals surface area contributed by atoms with E-state index in [9.17, 15) is 4.79 Å². The summed E-state index contributed by atoms with van der Waals surface area (Å²) >= 11 is 0. The van der Waals surface area contributed by atoms with Crippen LogP contribution in [-0.2, 0) is 0 Å². The highest BCUT2D eigenvalue weighted by Gasteiger charge is 2.20. The summed E-state index contributed by atoms with van der Waals surface area (Å²) in [6.07, 6.45) is 2.48. The molecule has 0 spiro atoms. The first kappa shape index (κ1) is 17.2. The Morgan fingerprint density at radius 2 is 2.00 bits per heavy atom. The molecular weight excluding hydrogens is 290 g/mol. The fourth-order valence-electron chi connectivity index (χ4n) is 2.69. The molecule has 0 aliphatic rings. The molecule has 23 heavy (non-hydrogen) atoms. The van der Waals surface area contributed by atoms with Crippen LogP contribution in [0, 0.1) is 20.8 Å². The van der Waals surface area contributed by atoms with Crippen molar-refractivity contribution in [2.75, 3.05) is 19.7 Å². The van der Waals surface area contributed by atoms with E-state index >= 15 is 0 Å². The molecule has 124 valence electrons. The molecule has 0 unspecified atom stereocenters. The van der Waals surface area contributed by atoms with Crippen molar-refractivity contribution in [3.63, 3.8) is 0 Å². The van der Waals surface area contributed by atoms with Crippen LogP contribution in [0.5, 0.6) is 0 Å². The molecule has 0 atom stereocenters. The highest BCUT2D eigenvalue weighted by atomic mass is 16.3. The molecule has 1 aromatic heterocycles. The van der Waals surface area contributed by atoms with Crippen molar-refractivity contribution in [1.82, 2.24) is 14.7 Å². The fraction of sp³-hybridized carbons (Fsp3) is 0.444. The Morgan fingerprint density at radius 1 is 1.26 bits per heavy atom. The molecule has 0 aliphatic carbocycles. The molecule has 0 bridgehead atoms. The number of aliphatic hydroxyl groups excluding tert-OH is 1. The van der Waals surface area contributed by atoms with Gasteiger partial charge < -0.3 is 10.0 Å². The van der Waals surface area contributed by atoms with Crippen LogP contribution < -0.4 is 0 Å². The Hall–Kier alpha value is -2.14. The Kier molecular flexibility index (Phi) is 5.55. The van der Waals surface area contributed by atoms with Crippen molar-refractivity contribution >= 4 is 5.91 Å². The first-order valence-corrected chi connectivity index (χ1v) is 8.02. The molecule has 0 fully saturated rings. The van der Waals surface area contributed by atoms with Crippen LogP contribution in [0.4, 0.5) is 0 Å². The first-order chi connectivity index (χ1) is 11.0. The fourth-order valence-corrected chi connectivity index (χ4v) is 2.69. The van der Waals surface area contributed by atoms with Crippen molar-refractivity contribution in [1.29, 1.82) is 0 Å². The van der Waals surface area contributed by atoms with E-state index in [0.717, 1.165) is 28.9 Å². The van der Waals surface area contributed by atoms with E-state index in [0.29, 0.717) is 18.7 Å². The van der Waals surface area contributed by atoms with Crippen molar-refractivity contribution in [3.05, 3.63) is 46.8 Å². The first-order valence-electron chi connectivity index (χ1n) is 8.02. The molecular formula is C18H25N3O2. The third-order valence-electron chi connectivity index (χ3n) is 3.98. The van der Waals surface area contributed by atoms with E-state index in [1.807, 2.05) is 32.4 Å². The summed E-state index contributed by atoms with van der Waals surface area (Å²) in [4.78, 5) is 14.4. The zero-order valence-corrected chi connectivity index (χ0v) is 14.3. The van der Waals surface area contributed by atoms with Gasteiger partial charge in [-0.15, -0.1) is 0 Å². The number of carbonyl (C=O) groups excluding carboxylic acids is 1. The number of aryl methyl sites for hydroxylation is 2. The average molecular weight is 315 g/mol. The Balaban J connectivity index is 2.38. The highest BCUT2D eigenvalue weighted by molar-refractivity contribution is 5.95. The van der Waals surface area contributed by atoms with Gasteiger partial charge in [-0.1, -0.05) is 19.1 Å². The van der Waals surface area contributed by atoms with Crippen molar-refractivity contribution in [3.8, 4) is 5.69 Å². The van der Waals surface area contributed by atoms with Gasteiger partial charge in [0.2, 0.25) is 0 Å². The van der Waals surface area contributed by atoms with Gasteiger partial charge in [-0.05, 0) is 44.4 Å². The second-order valence-corrected chi connectivity index (χ2v) is 5.86. The summed E-state index contributed by atoms with van der Waals surface area (Å²) in [6, 6.07) is 6.19. The summed E-state index contributed by atoms with van der Waals surface area (Å²) in [6.45, 7) is 8.95. The Morgan fingerprint density at radius 3 is 2.65 bits per heavy atom. The molecule has 5 nitrogen and oxygen atoms in total. The molecule has 2 rings (SSSR count). The summed E-state index contributed by atoms with van der Waals surface area (Å²) in [5, 5.41) is 13.6. The number of rotatable bonds is 6. The predicted molar refractivity (Wildman–Crippen MR) is 91.1 cm³/mol. The minimum Gasteiger partial charge on any atom is -0.395 e. The normalized spacial score (nSPS) is 10.8. The van der Waals surface area contributed by atoms with Crippen LogP contribution in [0.15, 0.2) is 24.4 Å². The molecule has 2 aromatic rings. The summed E-state index contributed by atoms with van der Waals surface area (Å²) in [5.74, 6) is -0.0741. The zero-order valence-electron chi connectivity index (χ0n) is 14.3. The van der Waals surface area contributed by atoms with Crippen LogP contribution in [0.2, 0.25) is 0 Å². The average Bonchev–Trinajstić information content (AvgIpc) is 2.90. The minimum absolute atomic E-state index is 0.0318. The van der Waals surface area contributed by atoms with Gasteiger partial charge in [0.25, 0.3) is 5.91 Å². The van der Waals surface area contributed by atoms with Gasteiger partial charge in [0.15, 0.2) is 0 Å². The molecule has 1 N–H and O–H groups in total. The van der Waals surface area contributed by atoms with Crippen molar-refractivity contribution in [2.45, 2.75) is 34.1 Å². The number of carbonyl (C=O) groups is 1. The maximum absolute atomic E-state index is 12.7. The van der Waals surface area contributed by atoms with Gasteiger partial charge >= 0.3 is 0 Å². The maximum Gasteiger partial charge on any atom is 0.257 e. The largest absolute Gasteiger partial charge is 0.395 e. The summed E-state index contributed by atoms with van der Waals surface area (Å²) in [7, 11) is 0. The van der Waals surface area contributed by atoms with Gasteiger partial charge in [0.05, 0.1) is 29.7 Å². The number of aliphatic hydroxyl groups is 1. The molecule has 0 aliphatic heterocycles. The summed E-state index contributed by atoms with van der Waals surface area (Å²) < 4.78 is 1.82. The van der Waals surface area contributed by atoms with Gasteiger partial charge in [-0.25, -0.2) is 4.68 Å². The second-order valence-electron chi connectivity index (χ2n) is 5.86. The lowest BCUT2D eigenvalue weighted by molar-refractivity contribution is 0.0721. The third-order valence-corrected chi connectivity index (χ3v) is 3.98. The van der Waals surface area contributed by atoms with E-state index in [1.165, 1.54) is 0 Å². The molecule has 1 heterocycles. The molecule has 0 saturated carbocycles. The lowest BCUT2D eigenvalue weighted by Crippen LogP contribution is -2.34. The maximum atomic E-state index is 12.7. The van der Waals surface area contributed by atoms with Gasteiger partial charge in [-0.3, -0.25) is 4.79 Å². The molecule has 5 heteroatoms. The standard InChI is InChI=1S/C18H25N3O2/c1-5-8-20(9-10-22)18(23)16-12-19-21(15(16)4)17-11-13(2)6-7-14(17)3/h6-7,11-12,22H,5,8-10H2,1-4H3. The lowest BCUT2D eigenvalue weighted by Gasteiger charge is -2.20. The Labute approximate surface area is 137 Å². The quantitative estimate of drug-likeness (QED) is 0.891. The van der Waals surface area contributed by atoms with Gasteiger partial charge in [-0.2, -0.15) is 5.10 Å². The lowest BCUT2D eigenvalue weighted by atomic mass is 10.1. The zero-order chi connectivity index (χ0) is 17.0. The van der Waals surface area contributed by atoms with Gasteiger partial charge in [0.1, 0.15) is 0 Å². The van der Waals surface area contributed by atoms with E-state index in [2.05, 4.69) is 23.3 Å². The number of benzene rings is 1. The van der Waals surface area contributed by atoms with E-state index < -0.39 is 0 Å². The van der Waals surface area contributed by atoms with Crippen LogP contribution in [0.25, 0.3) is 5.69 Å². The number of amides is 1. The van der Waals surface area contributed by atoms with Crippen LogP contribution >= 0.6 is 0 Å². The number of nitrogens with zero attached hydrogens (tertiary/aromatic N) is 3. The van der Waals surface area contributed by atoms with Crippen LogP contribution in [0.1, 0.15) is 40.5 Å². The van der Waals surface area contributed by atoms with Crippen molar-refractivity contribution < 1.29 is 9.90 Å². The van der Waals surface area contributed by atoms with Crippen LogP contribution in [0.3, 0.4) is 0 Å². The smallest absolute Gasteiger partial charge is 0.257 e. The summed E-state index contributed by atoms with van der Waals surface area (Å²) in [5.41, 5.74) is 4.67. The molecule has 1 amide bonds. The van der Waals surface area contributed by atoms with E-state index in [4.69, 9.17) is 5.11 Å². The Bertz CT molecular complexity index is 686. The SMILES string of the molecule is CCCN(CCO)C(=O)c1cnn(-c2cc(C)ccc2C)c1C. The number of aromatic nitrogens is 2. The molecule has 1 aromatic carbocycles. The molecule has 0 radical (unpaired) electrons. The van der Waals surface area contributed by atoms with E-state index in [-0.39, 0.29) is 12.5 Å². The topological polar surface area (TPSA) is 58.4 Å². The van der Waals surface area contributed by atoms with Crippen LogP contribution in [-0.4, -0.2) is 45.4 Å². The second kappa shape index (κ2) is 7.42. The number of hydrogen-bond acceptors (Lipinski definition) is 3. The highest BCUT2D eigenvalue weighted by Crippen LogP contribution is 2.20. The monoisotopic (exact) mass is 315 g/mol. The predicted octanol–water partition coefficient (Wildman–Crippen LogP) is 2.64. The van der Waals surface area contributed by atoms with Crippen molar-refractivity contribution in [2.24, 2.45) is 0 Å². The minimum atomic E-state index is -0.0741. The third kappa shape index (κ3) is 3.62. The number of hydrogen-bond donors (Lipinski definition) is 1. The van der Waals surface area contributed by atoms with Gasteiger partial charge in [0, 0.05) is 13.1 Å². The van der Waals surface area contributed by atoms with E-state index in [1.54, 1.807) is 11.1 Å². The molecule has 0 saturated heterocycles.